The Bertz CT molecular complexity index is 652. The van der Waals surface area contributed by atoms with Crippen molar-refractivity contribution in [1.82, 2.24) is 10.6 Å². The lowest BCUT2D eigenvalue weighted by atomic mass is 10.1. The fraction of sp³-hybridized carbons (Fsp3) is 0.533. The minimum atomic E-state index is -2.94. The van der Waals surface area contributed by atoms with Crippen LogP contribution in [-0.4, -0.2) is 52.6 Å². The van der Waals surface area contributed by atoms with E-state index >= 15 is 0 Å². The van der Waals surface area contributed by atoms with Gasteiger partial charge in [-0.1, -0.05) is 12.1 Å². The highest BCUT2D eigenvalue weighted by Crippen LogP contribution is 2.16. The Balaban J connectivity index is 0.00000288. The summed E-state index contributed by atoms with van der Waals surface area (Å²) in [4.78, 5) is 4.10. The van der Waals surface area contributed by atoms with Crippen molar-refractivity contribution in [2.75, 3.05) is 32.2 Å². The van der Waals surface area contributed by atoms with E-state index in [2.05, 4.69) is 15.6 Å². The van der Waals surface area contributed by atoms with E-state index in [1.54, 1.807) is 26.3 Å². The number of hydrogen-bond acceptors (Lipinski definition) is 4. The van der Waals surface area contributed by atoms with E-state index in [0.717, 1.165) is 5.56 Å². The molecule has 2 atom stereocenters. The maximum Gasteiger partial charge on any atom is 0.191 e. The molecule has 1 aliphatic rings. The van der Waals surface area contributed by atoms with Gasteiger partial charge in [-0.15, -0.1) is 24.0 Å². The van der Waals surface area contributed by atoms with E-state index in [-0.39, 0.29) is 53.4 Å². The van der Waals surface area contributed by atoms with Crippen molar-refractivity contribution in [2.24, 2.45) is 4.99 Å². The van der Waals surface area contributed by atoms with E-state index < -0.39 is 9.84 Å². The fourth-order valence-electron chi connectivity index (χ4n) is 2.50. The van der Waals surface area contributed by atoms with Gasteiger partial charge in [0.15, 0.2) is 15.8 Å². The van der Waals surface area contributed by atoms with Gasteiger partial charge in [0.05, 0.1) is 17.6 Å². The molecule has 0 aliphatic carbocycles. The Morgan fingerprint density at radius 3 is 2.58 bits per heavy atom. The van der Waals surface area contributed by atoms with Crippen molar-refractivity contribution in [3.63, 3.8) is 0 Å². The number of guanidine groups is 1. The van der Waals surface area contributed by atoms with Crippen LogP contribution in [0, 0.1) is 5.82 Å². The molecule has 2 N–H and O–H groups in total. The van der Waals surface area contributed by atoms with E-state index in [1.165, 1.54) is 12.1 Å². The number of halogens is 2. The largest absolute Gasteiger partial charge is 0.375 e. The Kier molecular flexibility index (Phi) is 8.37. The smallest absolute Gasteiger partial charge is 0.191 e. The summed E-state index contributed by atoms with van der Waals surface area (Å²) in [5, 5.41) is 6.22. The molecule has 0 radical (unpaired) electrons. The van der Waals surface area contributed by atoms with Crippen LogP contribution in [0.15, 0.2) is 29.3 Å². The van der Waals surface area contributed by atoms with E-state index in [0.29, 0.717) is 18.9 Å². The summed E-state index contributed by atoms with van der Waals surface area (Å²) >= 11 is 0. The molecule has 136 valence electrons. The normalized spacial score (nSPS) is 21.0. The molecule has 0 aromatic heterocycles. The maximum absolute atomic E-state index is 13.0. The molecule has 1 saturated heterocycles. The molecule has 24 heavy (non-hydrogen) atoms. The zero-order valence-corrected chi connectivity index (χ0v) is 16.8. The molecule has 1 aromatic carbocycles. The van der Waals surface area contributed by atoms with Crippen LogP contribution < -0.4 is 10.6 Å². The van der Waals surface area contributed by atoms with Gasteiger partial charge in [-0.3, -0.25) is 4.99 Å². The molecule has 2 rings (SSSR count). The highest BCUT2D eigenvalue weighted by Gasteiger charge is 2.28. The number of hydrogen-bond donors (Lipinski definition) is 2. The molecule has 1 heterocycles. The second-order valence-electron chi connectivity index (χ2n) is 5.47. The topological polar surface area (TPSA) is 79.8 Å². The zero-order valence-electron chi connectivity index (χ0n) is 13.7. The molecular weight excluding hydrogens is 448 g/mol. The lowest BCUT2D eigenvalue weighted by Crippen LogP contribution is -2.45. The maximum atomic E-state index is 13.0. The lowest BCUT2D eigenvalue weighted by molar-refractivity contribution is 0.106. The van der Waals surface area contributed by atoms with Gasteiger partial charge in [0.25, 0.3) is 0 Å². The van der Waals surface area contributed by atoms with Gasteiger partial charge in [0.2, 0.25) is 0 Å². The van der Waals surface area contributed by atoms with Crippen LogP contribution in [-0.2, 0) is 14.6 Å². The van der Waals surface area contributed by atoms with E-state index in [4.69, 9.17) is 4.74 Å². The number of nitrogens with zero attached hydrogens (tertiary/aromatic N) is 1. The van der Waals surface area contributed by atoms with Crippen LogP contribution in [0.3, 0.4) is 0 Å². The second-order valence-corrected chi connectivity index (χ2v) is 7.70. The predicted molar refractivity (Wildman–Crippen MR) is 103 cm³/mol. The van der Waals surface area contributed by atoms with Crippen LogP contribution >= 0.6 is 24.0 Å². The summed E-state index contributed by atoms with van der Waals surface area (Å²) in [5.74, 6) is 0.560. The molecule has 0 saturated carbocycles. The Labute approximate surface area is 159 Å². The summed E-state index contributed by atoms with van der Waals surface area (Å²) in [6.45, 7) is 0.432. The third kappa shape index (κ3) is 6.17. The quantitative estimate of drug-likeness (QED) is 0.387. The highest BCUT2D eigenvalue weighted by atomic mass is 127. The molecule has 1 aliphatic heterocycles. The summed E-state index contributed by atoms with van der Waals surface area (Å²) in [6.07, 6.45) is 0.316. The van der Waals surface area contributed by atoms with Crippen molar-refractivity contribution >= 4 is 39.8 Å². The third-order valence-electron chi connectivity index (χ3n) is 3.78. The molecular formula is C15H23FIN3O3S. The van der Waals surface area contributed by atoms with Crippen molar-refractivity contribution in [2.45, 2.75) is 18.6 Å². The van der Waals surface area contributed by atoms with Crippen molar-refractivity contribution in [1.29, 1.82) is 0 Å². The number of methoxy groups -OCH3 is 1. The number of sulfone groups is 1. The monoisotopic (exact) mass is 471 g/mol. The Morgan fingerprint density at radius 2 is 2.08 bits per heavy atom. The fourth-order valence-corrected chi connectivity index (χ4v) is 4.17. The standard InChI is InChI=1S/C15H22FN3O3S.HI/c1-17-15(19-13-7-8-23(20,21)10-13)18-9-14(22-2)11-3-5-12(16)6-4-11;/h3-6,13-14H,7-10H2,1-2H3,(H2,17,18,19);1H. The van der Waals surface area contributed by atoms with Crippen LogP contribution in [0.1, 0.15) is 18.1 Å². The predicted octanol–water partition coefficient (Wildman–Crippen LogP) is 1.48. The first-order valence-corrected chi connectivity index (χ1v) is 9.21. The van der Waals surface area contributed by atoms with Crippen LogP contribution in [0.2, 0.25) is 0 Å². The first kappa shape index (κ1) is 21.1. The molecule has 9 heteroatoms. The first-order chi connectivity index (χ1) is 10.9. The van der Waals surface area contributed by atoms with Crippen LogP contribution in [0.25, 0.3) is 0 Å². The summed E-state index contributed by atoms with van der Waals surface area (Å²) < 4.78 is 41.4. The lowest BCUT2D eigenvalue weighted by Gasteiger charge is -2.20. The highest BCUT2D eigenvalue weighted by molar-refractivity contribution is 14.0. The van der Waals surface area contributed by atoms with Gasteiger partial charge >= 0.3 is 0 Å². The third-order valence-corrected chi connectivity index (χ3v) is 5.55. The molecule has 2 unspecified atom stereocenters. The number of ether oxygens (including phenoxy) is 1. The molecule has 0 bridgehead atoms. The summed E-state index contributed by atoms with van der Waals surface area (Å²) in [5.41, 5.74) is 0.847. The van der Waals surface area contributed by atoms with E-state index in [9.17, 15) is 12.8 Å². The van der Waals surface area contributed by atoms with Crippen molar-refractivity contribution < 1.29 is 17.5 Å². The summed E-state index contributed by atoms with van der Waals surface area (Å²) in [6, 6.07) is 5.99. The van der Waals surface area contributed by atoms with Crippen LogP contribution in [0.4, 0.5) is 4.39 Å². The minimum Gasteiger partial charge on any atom is -0.375 e. The molecule has 1 fully saturated rings. The second kappa shape index (κ2) is 9.52. The van der Waals surface area contributed by atoms with Gasteiger partial charge in [-0.25, -0.2) is 12.8 Å². The van der Waals surface area contributed by atoms with E-state index in [1.807, 2.05) is 0 Å². The van der Waals surface area contributed by atoms with Gasteiger partial charge in [-0.2, -0.15) is 0 Å². The molecule has 6 nitrogen and oxygen atoms in total. The van der Waals surface area contributed by atoms with Gasteiger partial charge in [-0.05, 0) is 24.1 Å². The average molecular weight is 471 g/mol. The van der Waals surface area contributed by atoms with Gasteiger partial charge < -0.3 is 15.4 Å². The number of rotatable bonds is 5. The Hall–Kier alpha value is -0.940. The first-order valence-electron chi connectivity index (χ1n) is 7.39. The van der Waals surface area contributed by atoms with Crippen molar-refractivity contribution in [3.8, 4) is 0 Å². The molecule has 0 spiro atoms. The minimum absolute atomic E-state index is 0. The number of benzene rings is 1. The van der Waals surface area contributed by atoms with Gasteiger partial charge in [0.1, 0.15) is 5.82 Å². The van der Waals surface area contributed by atoms with Crippen molar-refractivity contribution in [3.05, 3.63) is 35.6 Å². The zero-order chi connectivity index (χ0) is 16.9. The molecule has 1 aromatic rings. The number of nitrogens with one attached hydrogen (secondary N) is 2. The Morgan fingerprint density at radius 1 is 1.42 bits per heavy atom. The van der Waals surface area contributed by atoms with Gasteiger partial charge in [0, 0.05) is 26.7 Å². The molecule has 0 amide bonds. The summed E-state index contributed by atoms with van der Waals surface area (Å²) in [7, 11) is 0.265. The average Bonchev–Trinajstić information content (AvgIpc) is 2.87. The number of aliphatic imine (C=N–C) groups is 1. The van der Waals surface area contributed by atoms with Crippen LogP contribution in [0.5, 0.6) is 0 Å². The SMILES string of the molecule is CN=C(NCC(OC)c1ccc(F)cc1)NC1CCS(=O)(=O)C1.I.